The summed E-state index contributed by atoms with van der Waals surface area (Å²) in [6.45, 7) is 5.49. The predicted octanol–water partition coefficient (Wildman–Crippen LogP) is 1.37. The molecule has 1 N–H and O–H groups in total. The minimum absolute atomic E-state index is 0.0210. The molecular formula is C13H19N3O5. The van der Waals surface area contributed by atoms with Crippen molar-refractivity contribution in [2.45, 2.75) is 26.4 Å². The van der Waals surface area contributed by atoms with Crippen molar-refractivity contribution < 1.29 is 19.6 Å². The van der Waals surface area contributed by atoms with Crippen molar-refractivity contribution in [2.24, 2.45) is 0 Å². The van der Waals surface area contributed by atoms with Crippen LogP contribution in [0.15, 0.2) is 12.1 Å². The molecule has 1 aromatic heterocycles. The van der Waals surface area contributed by atoms with E-state index in [1.165, 1.54) is 19.2 Å². The smallest absolute Gasteiger partial charge is 0.356 e. The summed E-state index contributed by atoms with van der Waals surface area (Å²) in [4.78, 5) is 27.6. The summed E-state index contributed by atoms with van der Waals surface area (Å²) in [6, 6.07) is 2.45. The van der Waals surface area contributed by atoms with E-state index in [0.717, 1.165) is 0 Å². The molecule has 1 rings (SSSR count). The van der Waals surface area contributed by atoms with Crippen molar-refractivity contribution in [3.63, 3.8) is 0 Å². The van der Waals surface area contributed by atoms with E-state index < -0.39 is 16.5 Å². The molecule has 1 aromatic rings. The summed E-state index contributed by atoms with van der Waals surface area (Å²) in [6.07, 6.45) is 0. The van der Waals surface area contributed by atoms with Gasteiger partial charge in [0.05, 0.1) is 17.6 Å². The molecule has 8 heteroatoms. The summed E-state index contributed by atoms with van der Waals surface area (Å²) in [5.74, 6) is -0.641. The number of aromatic nitrogens is 1. The number of carbonyl (C=O) groups excluding carboxylic acids is 1. The van der Waals surface area contributed by atoms with Crippen molar-refractivity contribution >= 4 is 17.5 Å². The molecule has 0 fully saturated rings. The molecule has 0 aliphatic rings. The average Bonchev–Trinajstić information content (AvgIpc) is 2.42. The SMILES string of the molecule is CCN(CC(C)(C)O)c1nc(C(=O)OC)ccc1[N+](=O)[O-]. The third-order valence-corrected chi connectivity index (χ3v) is 2.70. The maximum Gasteiger partial charge on any atom is 0.356 e. The number of likely N-dealkylation sites (N-methyl/N-ethyl adjacent to an activating group) is 1. The minimum Gasteiger partial charge on any atom is -0.464 e. The monoisotopic (exact) mass is 297 g/mol. The first-order valence-electron chi connectivity index (χ1n) is 6.40. The first-order chi connectivity index (χ1) is 9.69. The number of anilines is 1. The van der Waals surface area contributed by atoms with Gasteiger partial charge in [-0.1, -0.05) is 0 Å². The maximum absolute atomic E-state index is 11.5. The van der Waals surface area contributed by atoms with Crippen LogP contribution in [0.1, 0.15) is 31.3 Å². The van der Waals surface area contributed by atoms with Gasteiger partial charge in [-0.2, -0.15) is 0 Å². The fourth-order valence-corrected chi connectivity index (χ4v) is 1.84. The van der Waals surface area contributed by atoms with Gasteiger partial charge in [0, 0.05) is 19.2 Å². The molecule has 0 saturated carbocycles. The Morgan fingerprint density at radius 3 is 2.57 bits per heavy atom. The molecule has 0 aromatic carbocycles. The number of ether oxygens (including phenoxy) is 1. The van der Waals surface area contributed by atoms with E-state index in [4.69, 9.17) is 0 Å². The van der Waals surface area contributed by atoms with Crippen molar-refractivity contribution in [3.8, 4) is 0 Å². The summed E-state index contributed by atoms with van der Waals surface area (Å²) >= 11 is 0. The summed E-state index contributed by atoms with van der Waals surface area (Å²) < 4.78 is 4.57. The number of hydrogen-bond acceptors (Lipinski definition) is 7. The van der Waals surface area contributed by atoms with Gasteiger partial charge in [0.1, 0.15) is 0 Å². The van der Waals surface area contributed by atoms with Gasteiger partial charge in [-0.15, -0.1) is 0 Å². The lowest BCUT2D eigenvalue weighted by atomic mass is 10.1. The van der Waals surface area contributed by atoms with Crippen LogP contribution in [0.5, 0.6) is 0 Å². The standard InChI is InChI=1S/C13H19N3O5/c1-5-15(8-13(2,3)18)11-10(16(19)20)7-6-9(14-11)12(17)21-4/h6-7,18H,5,8H2,1-4H3. The molecule has 0 unspecified atom stereocenters. The van der Waals surface area contributed by atoms with Crippen LogP contribution in [0.25, 0.3) is 0 Å². The van der Waals surface area contributed by atoms with Crippen LogP contribution in [0.3, 0.4) is 0 Å². The zero-order valence-electron chi connectivity index (χ0n) is 12.5. The molecule has 8 nitrogen and oxygen atoms in total. The van der Waals surface area contributed by atoms with Gasteiger partial charge in [0.25, 0.3) is 0 Å². The Balaban J connectivity index is 3.33. The van der Waals surface area contributed by atoms with E-state index in [0.29, 0.717) is 6.54 Å². The molecule has 116 valence electrons. The van der Waals surface area contributed by atoms with E-state index >= 15 is 0 Å². The number of nitro groups is 1. The van der Waals surface area contributed by atoms with Crippen molar-refractivity contribution in [2.75, 3.05) is 25.1 Å². The molecule has 21 heavy (non-hydrogen) atoms. The molecule has 0 spiro atoms. The second-order valence-corrected chi connectivity index (χ2v) is 5.11. The number of nitrogens with zero attached hydrogens (tertiary/aromatic N) is 3. The van der Waals surface area contributed by atoms with Gasteiger partial charge in [-0.3, -0.25) is 10.1 Å². The van der Waals surface area contributed by atoms with Gasteiger partial charge >= 0.3 is 11.7 Å². The Hall–Kier alpha value is -2.22. The lowest BCUT2D eigenvalue weighted by Gasteiger charge is -2.28. The summed E-state index contributed by atoms with van der Waals surface area (Å²) in [5, 5.41) is 21.0. The van der Waals surface area contributed by atoms with Gasteiger partial charge in [0.2, 0.25) is 5.82 Å². The largest absolute Gasteiger partial charge is 0.464 e. The van der Waals surface area contributed by atoms with E-state index in [-0.39, 0.29) is 23.7 Å². The van der Waals surface area contributed by atoms with Crippen LogP contribution in [-0.4, -0.2) is 46.8 Å². The molecular weight excluding hydrogens is 278 g/mol. The second kappa shape index (κ2) is 6.49. The van der Waals surface area contributed by atoms with E-state index in [1.54, 1.807) is 25.7 Å². The van der Waals surface area contributed by atoms with Crippen LogP contribution in [-0.2, 0) is 4.74 Å². The fourth-order valence-electron chi connectivity index (χ4n) is 1.84. The predicted molar refractivity (Wildman–Crippen MR) is 76.4 cm³/mol. The molecule has 0 aliphatic carbocycles. The number of methoxy groups -OCH3 is 1. The zero-order valence-corrected chi connectivity index (χ0v) is 12.5. The normalized spacial score (nSPS) is 11.1. The number of rotatable bonds is 6. The third-order valence-electron chi connectivity index (χ3n) is 2.70. The first-order valence-corrected chi connectivity index (χ1v) is 6.40. The van der Waals surface area contributed by atoms with Gasteiger partial charge in [0.15, 0.2) is 5.69 Å². The first kappa shape index (κ1) is 16.8. The van der Waals surface area contributed by atoms with Crippen molar-refractivity contribution in [1.82, 2.24) is 4.98 Å². The highest BCUT2D eigenvalue weighted by atomic mass is 16.6. The van der Waals surface area contributed by atoms with Crippen molar-refractivity contribution in [1.29, 1.82) is 0 Å². The van der Waals surface area contributed by atoms with Crippen LogP contribution in [0.4, 0.5) is 11.5 Å². The fraction of sp³-hybridized carbons (Fsp3) is 0.538. The molecule has 0 aliphatic heterocycles. The quantitative estimate of drug-likeness (QED) is 0.480. The van der Waals surface area contributed by atoms with Crippen LogP contribution < -0.4 is 4.90 Å². The van der Waals surface area contributed by atoms with Crippen LogP contribution >= 0.6 is 0 Å². The minimum atomic E-state index is -1.06. The van der Waals surface area contributed by atoms with Crippen molar-refractivity contribution in [3.05, 3.63) is 27.9 Å². The number of pyridine rings is 1. The molecule has 0 bridgehead atoms. The average molecular weight is 297 g/mol. The summed E-state index contributed by atoms with van der Waals surface area (Å²) in [5.41, 5.74) is -1.31. The summed E-state index contributed by atoms with van der Waals surface area (Å²) in [7, 11) is 1.21. The van der Waals surface area contributed by atoms with E-state index in [2.05, 4.69) is 9.72 Å². The second-order valence-electron chi connectivity index (χ2n) is 5.11. The number of hydrogen-bond donors (Lipinski definition) is 1. The Morgan fingerprint density at radius 1 is 1.52 bits per heavy atom. The lowest BCUT2D eigenvalue weighted by molar-refractivity contribution is -0.384. The molecule has 0 atom stereocenters. The molecule has 0 amide bonds. The van der Waals surface area contributed by atoms with Gasteiger partial charge in [-0.25, -0.2) is 9.78 Å². The van der Waals surface area contributed by atoms with Crippen LogP contribution in [0.2, 0.25) is 0 Å². The number of aliphatic hydroxyl groups is 1. The topological polar surface area (TPSA) is 106 Å². The Bertz CT molecular complexity index is 539. The Labute approximate surface area is 122 Å². The van der Waals surface area contributed by atoms with Gasteiger partial charge < -0.3 is 14.7 Å². The van der Waals surface area contributed by atoms with E-state index in [9.17, 15) is 20.0 Å². The highest BCUT2D eigenvalue weighted by Crippen LogP contribution is 2.27. The number of carbonyl (C=O) groups is 1. The molecule has 0 saturated heterocycles. The molecule has 0 radical (unpaired) electrons. The Kier molecular flexibility index (Phi) is 5.20. The highest BCUT2D eigenvalue weighted by molar-refractivity contribution is 5.88. The van der Waals surface area contributed by atoms with Gasteiger partial charge in [-0.05, 0) is 26.8 Å². The maximum atomic E-state index is 11.5. The van der Waals surface area contributed by atoms with Crippen LogP contribution in [0, 0.1) is 10.1 Å². The zero-order chi connectivity index (χ0) is 16.2. The third kappa shape index (κ3) is 4.38. The number of esters is 1. The van der Waals surface area contributed by atoms with E-state index in [1.807, 2.05) is 0 Å². The lowest BCUT2D eigenvalue weighted by Crippen LogP contribution is -2.39. The molecule has 1 heterocycles. The Morgan fingerprint density at radius 2 is 2.14 bits per heavy atom. The highest BCUT2D eigenvalue weighted by Gasteiger charge is 2.26.